The van der Waals surface area contributed by atoms with Crippen LogP contribution in [0.3, 0.4) is 0 Å². The Bertz CT molecular complexity index is 575. The van der Waals surface area contributed by atoms with Gasteiger partial charge in [0, 0.05) is 6.20 Å². The lowest BCUT2D eigenvalue weighted by Gasteiger charge is -2.05. The summed E-state index contributed by atoms with van der Waals surface area (Å²) in [5.74, 6) is -0.992. The van der Waals surface area contributed by atoms with Crippen LogP contribution in [0.1, 0.15) is 16.1 Å². The minimum Gasteiger partial charge on any atom is -0.477 e. The van der Waals surface area contributed by atoms with E-state index in [1.165, 1.54) is 10.6 Å². The second-order valence-corrected chi connectivity index (χ2v) is 5.45. The minimum absolute atomic E-state index is 0.152. The molecule has 8 heteroatoms. The van der Waals surface area contributed by atoms with Gasteiger partial charge in [-0.05, 0) is 39.7 Å². The van der Waals surface area contributed by atoms with Gasteiger partial charge < -0.3 is 14.4 Å². The molecule has 1 unspecified atom stereocenters. The summed E-state index contributed by atoms with van der Waals surface area (Å²) >= 11 is 2.16. The summed E-state index contributed by atoms with van der Waals surface area (Å²) < 4.78 is 12.2. The van der Waals surface area contributed by atoms with Gasteiger partial charge in [0.25, 0.3) is 0 Å². The average molecular weight is 394 g/mol. The predicted octanol–water partition coefficient (Wildman–Crippen LogP) is 2.51. The Morgan fingerprint density at radius 2 is 2.37 bits per heavy atom. The number of rotatable bonds is 7. The first-order valence-corrected chi connectivity index (χ1v) is 9.49. The van der Waals surface area contributed by atoms with E-state index < -0.39 is 5.97 Å². The monoisotopic (exact) mass is 394 g/mol. The predicted molar refractivity (Wildman–Crippen MR) is 80.1 cm³/mol. The van der Waals surface area contributed by atoms with Gasteiger partial charge >= 0.3 is 5.97 Å². The van der Waals surface area contributed by atoms with E-state index in [2.05, 4.69) is 27.0 Å². The standard InChI is InChI=1S/C11H12IN2O4P/c12-19-18-4-3-17-7-8-1-2-14-9(11(15)16)6-13-10(14)5-8/h1-2,5-6,19H,3-4,7H2,(H,15,16). The SMILES string of the molecule is O=C(O)c1cnc2cc(COCCOPI)ccn12. The van der Waals surface area contributed by atoms with Crippen molar-refractivity contribution >= 4 is 40.1 Å². The van der Waals surface area contributed by atoms with Gasteiger partial charge in [-0.2, -0.15) is 0 Å². The van der Waals surface area contributed by atoms with Gasteiger partial charge in [-0.25, -0.2) is 9.78 Å². The fourth-order valence-corrected chi connectivity index (χ4v) is 2.42. The highest BCUT2D eigenvalue weighted by atomic mass is 127. The van der Waals surface area contributed by atoms with Gasteiger partial charge in [0.2, 0.25) is 0 Å². The molecule has 1 atom stereocenters. The van der Waals surface area contributed by atoms with Crippen LogP contribution in [0.5, 0.6) is 0 Å². The van der Waals surface area contributed by atoms with E-state index in [1.807, 2.05) is 12.1 Å². The van der Waals surface area contributed by atoms with Crippen molar-refractivity contribution in [1.82, 2.24) is 9.38 Å². The van der Waals surface area contributed by atoms with E-state index in [1.54, 1.807) is 6.20 Å². The topological polar surface area (TPSA) is 73.1 Å². The molecular formula is C11H12IN2O4P. The van der Waals surface area contributed by atoms with Crippen LogP contribution in [-0.2, 0) is 15.9 Å². The Kier molecular flexibility index (Phi) is 5.50. The summed E-state index contributed by atoms with van der Waals surface area (Å²) in [5, 5.41) is 8.97. The maximum atomic E-state index is 10.9. The Labute approximate surface area is 124 Å². The molecule has 2 rings (SSSR count). The number of fused-ring (bicyclic) bond motifs is 1. The summed E-state index contributed by atoms with van der Waals surface area (Å²) in [6.07, 6.45) is 3.03. The zero-order valence-corrected chi connectivity index (χ0v) is 13.0. The molecule has 0 radical (unpaired) electrons. The number of aromatic nitrogens is 2. The molecule has 0 fully saturated rings. The molecule has 0 aromatic carbocycles. The number of hydrogen-bond donors (Lipinski definition) is 1. The first-order chi connectivity index (χ1) is 9.22. The number of carbonyl (C=O) groups is 1. The van der Waals surface area contributed by atoms with Crippen molar-refractivity contribution in [1.29, 1.82) is 0 Å². The van der Waals surface area contributed by atoms with Crippen LogP contribution < -0.4 is 0 Å². The average Bonchev–Trinajstić information content (AvgIpc) is 2.81. The quantitative estimate of drug-likeness (QED) is 0.444. The van der Waals surface area contributed by atoms with Gasteiger partial charge in [-0.1, -0.05) is 0 Å². The second-order valence-electron chi connectivity index (χ2n) is 3.69. The molecule has 1 N–H and O–H groups in total. The summed E-state index contributed by atoms with van der Waals surface area (Å²) in [6.45, 7) is 2.02. The van der Waals surface area contributed by atoms with E-state index >= 15 is 0 Å². The first-order valence-electron chi connectivity index (χ1n) is 5.47. The molecule has 2 heterocycles. The lowest BCUT2D eigenvalue weighted by Crippen LogP contribution is -2.03. The van der Waals surface area contributed by atoms with Crippen LogP contribution >= 0.6 is 28.5 Å². The number of imidazole rings is 1. The van der Waals surface area contributed by atoms with Gasteiger partial charge in [-0.15, -0.1) is 0 Å². The molecular weight excluding hydrogens is 382 g/mol. The normalized spacial score (nSPS) is 11.6. The van der Waals surface area contributed by atoms with Crippen molar-refractivity contribution in [2.24, 2.45) is 0 Å². The summed E-state index contributed by atoms with van der Waals surface area (Å²) in [5.41, 5.74) is 1.70. The van der Waals surface area contributed by atoms with E-state index in [0.29, 0.717) is 31.9 Å². The number of pyridine rings is 1. The van der Waals surface area contributed by atoms with Crippen LogP contribution in [0.15, 0.2) is 24.5 Å². The van der Waals surface area contributed by atoms with Crippen molar-refractivity contribution in [3.63, 3.8) is 0 Å². The lowest BCUT2D eigenvalue weighted by atomic mass is 10.3. The van der Waals surface area contributed by atoms with Crippen molar-refractivity contribution < 1.29 is 19.2 Å². The zero-order valence-electron chi connectivity index (χ0n) is 9.88. The number of ether oxygens (including phenoxy) is 1. The summed E-state index contributed by atoms with van der Waals surface area (Å²) in [6, 6.07) is 3.63. The lowest BCUT2D eigenvalue weighted by molar-refractivity contribution is 0.0689. The molecule has 0 aliphatic rings. The van der Waals surface area contributed by atoms with Crippen LogP contribution in [0, 0.1) is 0 Å². The molecule has 6 nitrogen and oxygen atoms in total. The highest BCUT2D eigenvalue weighted by Gasteiger charge is 2.10. The molecule has 0 saturated heterocycles. The Morgan fingerprint density at radius 1 is 1.53 bits per heavy atom. The van der Waals surface area contributed by atoms with Gasteiger partial charge in [0.1, 0.15) is 5.65 Å². The number of nitrogens with zero attached hydrogens (tertiary/aromatic N) is 2. The second kappa shape index (κ2) is 7.14. The van der Waals surface area contributed by atoms with Crippen molar-refractivity contribution in [3.8, 4) is 0 Å². The number of carboxylic acids is 1. The van der Waals surface area contributed by atoms with Crippen LogP contribution in [0.2, 0.25) is 0 Å². The van der Waals surface area contributed by atoms with Crippen LogP contribution in [0.25, 0.3) is 5.65 Å². The van der Waals surface area contributed by atoms with Crippen LogP contribution in [0.4, 0.5) is 0 Å². The first kappa shape index (κ1) is 14.6. The minimum atomic E-state index is -0.992. The van der Waals surface area contributed by atoms with E-state index in [0.717, 1.165) is 5.56 Å². The smallest absolute Gasteiger partial charge is 0.354 e. The highest BCUT2D eigenvalue weighted by molar-refractivity contribution is 14.2. The zero-order chi connectivity index (χ0) is 13.7. The molecule has 0 spiro atoms. The summed E-state index contributed by atoms with van der Waals surface area (Å²) in [7, 11) is 0. The maximum absolute atomic E-state index is 10.9. The van der Waals surface area contributed by atoms with Crippen molar-refractivity contribution in [3.05, 3.63) is 35.8 Å². The highest BCUT2D eigenvalue weighted by Crippen LogP contribution is 2.20. The van der Waals surface area contributed by atoms with Gasteiger partial charge in [0.15, 0.2) is 5.69 Å². The number of halogens is 1. The van der Waals surface area contributed by atoms with Crippen molar-refractivity contribution in [2.45, 2.75) is 6.61 Å². The molecule has 0 aliphatic heterocycles. The molecule has 19 heavy (non-hydrogen) atoms. The number of carboxylic acid groups (broad SMARTS) is 1. The summed E-state index contributed by atoms with van der Waals surface area (Å²) in [4.78, 5) is 15.0. The largest absolute Gasteiger partial charge is 0.477 e. The number of hydrogen-bond acceptors (Lipinski definition) is 4. The van der Waals surface area contributed by atoms with E-state index in [9.17, 15) is 4.79 Å². The molecule has 2 aromatic heterocycles. The molecule has 0 aliphatic carbocycles. The fraction of sp³-hybridized carbons (Fsp3) is 0.273. The van der Waals surface area contributed by atoms with Crippen molar-refractivity contribution in [2.75, 3.05) is 13.2 Å². The maximum Gasteiger partial charge on any atom is 0.354 e. The van der Waals surface area contributed by atoms with E-state index in [-0.39, 0.29) is 5.69 Å². The molecule has 0 bridgehead atoms. The fourth-order valence-electron chi connectivity index (χ4n) is 1.60. The molecule has 0 amide bonds. The Hall–Kier alpha value is -0.760. The number of aromatic carboxylic acids is 1. The third kappa shape index (κ3) is 3.85. The van der Waals surface area contributed by atoms with E-state index in [4.69, 9.17) is 14.4 Å². The Balaban J connectivity index is 2.00. The molecule has 2 aromatic rings. The Morgan fingerprint density at radius 3 is 3.11 bits per heavy atom. The third-order valence-corrected chi connectivity index (χ3v) is 3.70. The van der Waals surface area contributed by atoms with Crippen LogP contribution in [-0.4, -0.2) is 33.7 Å². The molecule has 102 valence electrons. The third-order valence-electron chi connectivity index (χ3n) is 2.45. The van der Waals surface area contributed by atoms with Gasteiger partial charge in [-0.3, -0.25) is 4.40 Å². The van der Waals surface area contributed by atoms with Gasteiger partial charge in [0.05, 0.1) is 32.5 Å². The molecule has 0 saturated carbocycles.